The molecule has 1 aliphatic carbocycles. The molecule has 3 rings (SSSR count). The standard InChI is InChI=1S/C16H24N2O2S/c1-3-17-12(2)14-6-7-16-15(10-14)8-9-18(16)21(19,20)11-13-4-5-13/h6-7,10,12-13,17H,3-5,8-9,11H2,1-2H3. The van der Waals surface area contributed by atoms with Crippen molar-refractivity contribution < 1.29 is 8.42 Å². The molecule has 1 unspecified atom stereocenters. The van der Waals surface area contributed by atoms with E-state index in [2.05, 4.69) is 31.3 Å². The second-order valence-electron chi connectivity index (χ2n) is 6.21. The number of rotatable bonds is 6. The number of fused-ring (bicyclic) bond motifs is 1. The van der Waals surface area contributed by atoms with E-state index in [1.54, 1.807) is 4.31 Å². The first-order valence-electron chi connectivity index (χ1n) is 7.88. The summed E-state index contributed by atoms with van der Waals surface area (Å²) >= 11 is 0. The Bertz CT molecular complexity index is 623. The van der Waals surface area contributed by atoms with Gasteiger partial charge in [0.05, 0.1) is 11.4 Å². The van der Waals surface area contributed by atoms with Gasteiger partial charge >= 0.3 is 0 Å². The highest BCUT2D eigenvalue weighted by Crippen LogP contribution is 2.36. The third-order valence-corrected chi connectivity index (χ3v) is 6.39. The quantitative estimate of drug-likeness (QED) is 0.878. The zero-order valence-electron chi connectivity index (χ0n) is 12.8. The number of hydrogen-bond acceptors (Lipinski definition) is 3. The third-order valence-electron chi connectivity index (χ3n) is 4.45. The molecule has 1 aromatic carbocycles. The van der Waals surface area contributed by atoms with E-state index >= 15 is 0 Å². The van der Waals surface area contributed by atoms with Crippen molar-refractivity contribution in [2.45, 2.75) is 39.2 Å². The number of nitrogens with zero attached hydrogens (tertiary/aromatic N) is 1. The Morgan fingerprint density at radius 2 is 2.14 bits per heavy atom. The van der Waals surface area contributed by atoms with E-state index in [0.29, 0.717) is 24.3 Å². The van der Waals surface area contributed by atoms with E-state index in [9.17, 15) is 8.42 Å². The Kier molecular flexibility index (Phi) is 3.97. The first-order valence-corrected chi connectivity index (χ1v) is 9.49. The summed E-state index contributed by atoms with van der Waals surface area (Å²) in [5, 5.41) is 3.40. The molecule has 0 aromatic heterocycles. The van der Waals surface area contributed by atoms with Crippen LogP contribution in [0, 0.1) is 5.92 Å². The van der Waals surface area contributed by atoms with Crippen LogP contribution < -0.4 is 9.62 Å². The molecular weight excluding hydrogens is 284 g/mol. The molecular formula is C16H24N2O2S. The molecule has 0 spiro atoms. The number of benzene rings is 1. The second kappa shape index (κ2) is 5.61. The van der Waals surface area contributed by atoms with Crippen molar-refractivity contribution in [2.24, 2.45) is 5.92 Å². The number of nitrogens with one attached hydrogen (secondary N) is 1. The summed E-state index contributed by atoms with van der Waals surface area (Å²) in [7, 11) is -3.14. The fourth-order valence-corrected chi connectivity index (χ4v) is 5.00. The fourth-order valence-electron chi connectivity index (χ4n) is 3.05. The van der Waals surface area contributed by atoms with Gasteiger partial charge in [0.1, 0.15) is 0 Å². The summed E-state index contributed by atoms with van der Waals surface area (Å²) < 4.78 is 26.6. The van der Waals surface area contributed by atoms with Crippen molar-refractivity contribution in [3.8, 4) is 0 Å². The molecule has 0 saturated heterocycles. The first kappa shape index (κ1) is 14.9. The van der Waals surface area contributed by atoms with E-state index < -0.39 is 10.0 Å². The summed E-state index contributed by atoms with van der Waals surface area (Å²) in [6.45, 7) is 5.77. The topological polar surface area (TPSA) is 49.4 Å². The molecule has 0 amide bonds. The van der Waals surface area contributed by atoms with Gasteiger partial charge in [-0.2, -0.15) is 0 Å². The van der Waals surface area contributed by atoms with Crippen LogP contribution in [-0.4, -0.2) is 27.3 Å². The van der Waals surface area contributed by atoms with Crippen LogP contribution in [0.15, 0.2) is 18.2 Å². The van der Waals surface area contributed by atoms with E-state index in [1.165, 1.54) is 5.56 Å². The fraction of sp³-hybridized carbons (Fsp3) is 0.625. The highest BCUT2D eigenvalue weighted by atomic mass is 32.2. The van der Waals surface area contributed by atoms with Crippen molar-refractivity contribution in [2.75, 3.05) is 23.1 Å². The molecule has 1 heterocycles. The predicted molar refractivity (Wildman–Crippen MR) is 86.1 cm³/mol. The van der Waals surface area contributed by atoms with Gasteiger partial charge in [0.25, 0.3) is 0 Å². The molecule has 1 N–H and O–H groups in total. The minimum atomic E-state index is -3.14. The molecule has 0 radical (unpaired) electrons. The molecule has 1 saturated carbocycles. The molecule has 21 heavy (non-hydrogen) atoms. The van der Waals surface area contributed by atoms with Crippen molar-refractivity contribution in [1.82, 2.24) is 5.32 Å². The van der Waals surface area contributed by atoms with Crippen molar-refractivity contribution in [3.63, 3.8) is 0 Å². The molecule has 116 valence electrons. The van der Waals surface area contributed by atoms with Crippen molar-refractivity contribution in [3.05, 3.63) is 29.3 Å². The molecule has 0 bridgehead atoms. The summed E-state index contributed by atoms with van der Waals surface area (Å²) in [5.41, 5.74) is 3.29. The van der Waals surface area contributed by atoms with Gasteiger partial charge in [-0.05, 0) is 55.8 Å². The Morgan fingerprint density at radius 1 is 1.38 bits per heavy atom. The van der Waals surface area contributed by atoms with Gasteiger partial charge in [-0.15, -0.1) is 0 Å². The van der Waals surface area contributed by atoms with Crippen LogP contribution in [0.5, 0.6) is 0 Å². The van der Waals surface area contributed by atoms with Gasteiger partial charge in [0.2, 0.25) is 10.0 Å². The maximum absolute atomic E-state index is 12.5. The Morgan fingerprint density at radius 3 is 2.81 bits per heavy atom. The van der Waals surface area contributed by atoms with Crippen LogP contribution in [0.25, 0.3) is 0 Å². The van der Waals surface area contributed by atoms with Gasteiger partial charge in [0.15, 0.2) is 0 Å². The highest BCUT2D eigenvalue weighted by Gasteiger charge is 2.35. The lowest BCUT2D eigenvalue weighted by molar-refractivity contribution is 0.588. The van der Waals surface area contributed by atoms with Crippen LogP contribution in [-0.2, 0) is 16.4 Å². The van der Waals surface area contributed by atoms with Crippen LogP contribution in [0.2, 0.25) is 0 Å². The normalized spacial score (nSPS) is 19.6. The van der Waals surface area contributed by atoms with Crippen LogP contribution in [0.4, 0.5) is 5.69 Å². The van der Waals surface area contributed by atoms with Crippen LogP contribution in [0.3, 0.4) is 0 Å². The molecule has 1 aliphatic heterocycles. The van der Waals surface area contributed by atoms with Gasteiger partial charge in [-0.3, -0.25) is 4.31 Å². The summed E-state index contributed by atoms with van der Waals surface area (Å²) in [6, 6.07) is 6.50. The van der Waals surface area contributed by atoms with Crippen molar-refractivity contribution >= 4 is 15.7 Å². The summed E-state index contributed by atoms with van der Waals surface area (Å²) in [5.74, 6) is 0.717. The van der Waals surface area contributed by atoms with Crippen LogP contribution >= 0.6 is 0 Å². The van der Waals surface area contributed by atoms with Gasteiger partial charge in [-0.25, -0.2) is 8.42 Å². The zero-order chi connectivity index (χ0) is 15.0. The number of sulfonamides is 1. The molecule has 1 aromatic rings. The number of hydrogen-bond donors (Lipinski definition) is 1. The van der Waals surface area contributed by atoms with Crippen LogP contribution in [0.1, 0.15) is 43.9 Å². The summed E-state index contributed by atoms with van der Waals surface area (Å²) in [4.78, 5) is 0. The summed E-state index contributed by atoms with van der Waals surface area (Å²) in [6.07, 6.45) is 2.96. The molecule has 5 heteroatoms. The Labute approximate surface area is 127 Å². The zero-order valence-corrected chi connectivity index (χ0v) is 13.6. The molecule has 2 aliphatic rings. The minimum absolute atomic E-state index is 0.303. The largest absolute Gasteiger partial charge is 0.310 e. The highest BCUT2D eigenvalue weighted by molar-refractivity contribution is 7.92. The third kappa shape index (κ3) is 3.09. The lowest BCUT2D eigenvalue weighted by Gasteiger charge is -2.20. The van der Waals surface area contributed by atoms with E-state index in [1.807, 2.05) is 6.07 Å². The second-order valence-corrected chi connectivity index (χ2v) is 8.15. The van der Waals surface area contributed by atoms with E-state index in [4.69, 9.17) is 0 Å². The Hall–Kier alpha value is -1.07. The SMILES string of the molecule is CCNC(C)c1ccc2c(c1)CCN2S(=O)(=O)CC1CC1. The lowest BCUT2D eigenvalue weighted by atomic mass is 10.0. The van der Waals surface area contributed by atoms with E-state index in [0.717, 1.165) is 37.1 Å². The maximum Gasteiger partial charge on any atom is 0.235 e. The van der Waals surface area contributed by atoms with Gasteiger partial charge in [-0.1, -0.05) is 19.1 Å². The molecule has 1 fully saturated rings. The minimum Gasteiger partial charge on any atom is -0.310 e. The van der Waals surface area contributed by atoms with Gasteiger partial charge in [0, 0.05) is 12.6 Å². The van der Waals surface area contributed by atoms with Crippen molar-refractivity contribution in [1.29, 1.82) is 0 Å². The van der Waals surface area contributed by atoms with E-state index in [-0.39, 0.29) is 0 Å². The Balaban J connectivity index is 1.82. The average Bonchev–Trinajstić information content (AvgIpc) is 3.13. The first-order chi connectivity index (χ1) is 10.0. The molecule has 1 atom stereocenters. The average molecular weight is 308 g/mol. The maximum atomic E-state index is 12.5. The molecule has 4 nitrogen and oxygen atoms in total. The predicted octanol–water partition coefficient (Wildman–Crippen LogP) is 2.46. The monoisotopic (exact) mass is 308 g/mol. The number of anilines is 1. The lowest BCUT2D eigenvalue weighted by Crippen LogP contribution is -2.32. The van der Waals surface area contributed by atoms with Gasteiger partial charge < -0.3 is 5.32 Å². The smallest absolute Gasteiger partial charge is 0.235 e.